The van der Waals surface area contributed by atoms with E-state index in [2.05, 4.69) is 60.4 Å². The van der Waals surface area contributed by atoms with Gasteiger partial charge in [-0.05, 0) is 81.1 Å². The Hall–Kier alpha value is -2.32. The van der Waals surface area contributed by atoms with E-state index in [9.17, 15) is 9.59 Å². The van der Waals surface area contributed by atoms with Crippen LogP contribution in [0.5, 0.6) is 11.5 Å². The minimum atomic E-state index is -0.703. The smallest absolute Gasteiger partial charge is 0.246 e. The number of nitrogens with zero attached hydrogens (tertiary/aromatic N) is 3. The molecule has 1 spiro atoms. The third kappa shape index (κ3) is 8.90. The molecular formula is C35H52Cl2N4O3. The molecule has 2 heterocycles. The minimum Gasteiger partial charge on any atom is -0.457 e. The number of ether oxygens (including phenoxy) is 1. The highest BCUT2D eigenvalue weighted by atomic mass is 35.5. The van der Waals surface area contributed by atoms with E-state index >= 15 is 0 Å². The number of benzene rings is 2. The van der Waals surface area contributed by atoms with Crippen LogP contribution in [0.1, 0.15) is 82.3 Å². The predicted octanol–water partition coefficient (Wildman–Crippen LogP) is 6.82. The molecule has 2 saturated heterocycles. The number of carbonyl (C=O) groups excluding carboxylic acids is 2. The molecule has 9 heteroatoms. The lowest BCUT2D eigenvalue weighted by atomic mass is 9.79. The second-order valence-electron chi connectivity index (χ2n) is 13.0. The van der Waals surface area contributed by atoms with Crippen LogP contribution in [0.4, 0.5) is 0 Å². The fourth-order valence-corrected chi connectivity index (χ4v) is 7.10. The third-order valence-electron chi connectivity index (χ3n) is 9.51. The molecule has 2 amide bonds. The van der Waals surface area contributed by atoms with Crippen molar-refractivity contribution in [2.75, 3.05) is 33.7 Å². The van der Waals surface area contributed by atoms with Crippen LogP contribution in [0.15, 0.2) is 48.5 Å². The van der Waals surface area contributed by atoms with Gasteiger partial charge in [0, 0.05) is 32.7 Å². The van der Waals surface area contributed by atoms with Crippen molar-refractivity contribution >= 4 is 36.6 Å². The highest BCUT2D eigenvalue weighted by Crippen LogP contribution is 2.36. The summed E-state index contributed by atoms with van der Waals surface area (Å²) in [5.41, 5.74) is 1.78. The van der Waals surface area contributed by atoms with Gasteiger partial charge in [0.15, 0.2) is 0 Å². The summed E-state index contributed by atoms with van der Waals surface area (Å²) in [4.78, 5) is 34.1. The second-order valence-corrected chi connectivity index (χ2v) is 13.0. The lowest BCUT2D eigenvalue weighted by Crippen LogP contribution is -2.73. The van der Waals surface area contributed by atoms with Crippen molar-refractivity contribution in [3.63, 3.8) is 0 Å². The normalized spacial score (nSPS) is 20.6. The van der Waals surface area contributed by atoms with E-state index in [0.29, 0.717) is 25.3 Å². The summed E-state index contributed by atoms with van der Waals surface area (Å²) in [5.74, 6) is 2.45. The summed E-state index contributed by atoms with van der Waals surface area (Å²) in [7, 11) is 4.13. The molecule has 2 aliphatic heterocycles. The SMILES string of the molecule is CCCCN1C(=O)[C@H](CC2CCCCC2)NC(=O)C12CCN(Cc1ccc(Oc3ccc(CN(C)C)cc3)cc1)CC2.Cl.Cl. The van der Waals surface area contributed by atoms with E-state index in [1.54, 1.807) is 0 Å². The average molecular weight is 648 g/mol. The van der Waals surface area contributed by atoms with Crippen LogP contribution in [0, 0.1) is 5.92 Å². The topological polar surface area (TPSA) is 65.1 Å². The monoisotopic (exact) mass is 646 g/mol. The van der Waals surface area contributed by atoms with Crippen molar-refractivity contribution < 1.29 is 14.3 Å². The maximum Gasteiger partial charge on any atom is 0.246 e. The van der Waals surface area contributed by atoms with Gasteiger partial charge in [0.05, 0.1) is 0 Å². The molecule has 0 bridgehead atoms. The standard InChI is InChI=1S/C35H50N4O3.2ClH/c1-4-5-21-39-33(40)32(24-27-9-7-6-8-10-27)36-34(41)35(39)19-22-38(23-20-35)26-29-13-17-31(18-14-29)42-30-15-11-28(12-16-30)25-37(2)3;;/h11-18,27,32H,4-10,19-26H2,1-3H3,(H,36,41);2*1H/t32-;;/m0../s1. The van der Waals surface area contributed by atoms with Crippen molar-refractivity contribution in [2.24, 2.45) is 5.92 Å². The summed E-state index contributed by atoms with van der Waals surface area (Å²) in [6.07, 6.45) is 10.3. The molecule has 0 aromatic heterocycles. The van der Waals surface area contributed by atoms with E-state index in [1.165, 1.54) is 43.2 Å². The minimum absolute atomic E-state index is 0. The maximum atomic E-state index is 13.8. The third-order valence-corrected chi connectivity index (χ3v) is 9.51. The van der Waals surface area contributed by atoms with Gasteiger partial charge in [-0.3, -0.25) is 14.5 Å². The number of hydrogen-bond acceptors (Lipinski definition) is 5. The van der Waals surface area contributed by atoms with Gasteiger partial charge in [0.2, 0.25) is 11.8 Å². The first-order valence-corrected chi connectivity index (χ1v) is 16.2. The van der Waals surface area contributed by atoms with Gasteiger partial charge in [-0.1, -0.05) is 69.7 Å². The lowest BCUT2D eigenvalue weighted by molar-refractivity contribution is -0.162. The molecule has 2 aromatic rings. The highest BCUT2D eigenvalue weighted by molar-refractivity contribution is 6.00. The number of nitrogens with one attached hydrogen (secondary N) is 1. The van der Waals surface area contributed by atoms with Gasteiger partial charge < -0.3 is 19.9 Å². The molecule has 1 aliphatic carbocycles. The molecule has 7 nitrogen and oxygen atoms in total. The van der Waals surface area contributed by atoms with E-state index in [-0.39, 0.29) is 42.7 Å². The molecule has 2 aromatic carbocycles. The number of rotatable bonds is 11. The molecule has 3 fully saturated rings. The molecule has 0 unspecified atom stereocenters. The van der Waals surface area contributed by atoms with Crippen molar-refractivity contribution in [1.82, 2.24) is 20.0 Å². The van der Waals surface area contributed by atoms with Crippen molar-refractivity contribution in [2.45, 2.75) is 95.8 Å². The van der Waals surface area contributed by atoms with Crippen LogP contribution in [-0.4, -0.2) is 71.8 Å². The largest absolute Gasteiger partial charge is 0.457 e. The van der Waals surface area contributed by atoms with Crippen molar-refractivity contribution in [3.05, 3.63) is 59.7 Å². The van der Waals surface area contributed by atoms with Crippen LogP contribution in [0.2, 0.25) is 0 Å². The van der Waals surface area contributed by atoms with E-state index in [0.717, 1.165) is 56.9 Å². The summed E-state index contributed by atoms with van der Waals surface area (Å²) in [6, 6.07) is 16.2. The van der Waals surface area contributed by atoms with Crippen LogP contribution in [-0.2, 0) is 22.7 Å². The number of piperazine rings is 1. The van der Waals surface area contributed by atoms with Gasteiger partial charge in [0.1, 0.15) is 23.1 Å². The number of hydrogen-bond donors (Lipinski definition) is 1. The van der Waals surface area contributed by atoms with E-state index in [4.69, 9.17) is 4.74 Å². The number of carbonyl (C=O) groups is 2. The van der Waals surface area contributed by atoms with Gasteiger partial charge in [-0.2, -0.15) is 0 Å². The Balaban J connectivity index is 0.00000264. The summed E-state index contributed by atoms with van der Waals surface area (Å²) in [6.45, 7) is 6.17. The van der Waals surface area contributed by atoms with Crippen LogP contribution in [0.3, 0.4) is 0 Å². The molecule has 3 aliphatic rings. The first-order valence-electron chi connectivity index (χ1n) is 16.2. The molecule has 5 rings (SSSR count). The number of halogens is 2. The van der Waals surface area contributed by atoms with Gasteiger partial charge in [-0.15, -0.1) is 24.8 Å². The molecular weight excluding hydrogens is 595 g/mol. The Morgan fingerprint density at radius 1 is 0.886 bits per heavy atom. The van der Waals surface area contributed by atoms with E-state index in [1.807, 2.05) is 29.2 Å². The Morgan fingerprint density at radius 3 is 2.05 bits per heavy atom. The number of piperidine rings is 1. The summed E-state index contributed by atoms with van der Waals surface area (Å²) >= 11 is 0. The Kier molecular flexibility index (Phi) is 13.8. The Labute approximate surface area is 276 Å². The summed E-state index contributed by atoms with van der Waals surface area (Å²) < 4.78 is 6.07. The Morgan fingerprint density at radius 2 is 1.48 bits per heavy atom. The fourth-order valence-electron chi connectivity index (χ4n) is 7.10. The van der Waals surface area contributed by atoms with Gasteiger partial charge >= 0.3 is 0 Å². The molecule has 244 valence electrons. The van der Waals surface area contributed by atoms with Crippen molar-refractivity contribution in [3.8, 4) is 11.5 Å². The predicted molar refractivity (Wildman–Crippen MR) is 182 cm³/mol. The second kappa shape index (κ2) is 16.8. The molecule has 44 heavy (non-hydrogen) atoms. The van der Waals surface area contributed by atoms with E-state index < -0.39 is 5.54 Å². The first-order chi connectivity index (χ1) is 20.4. The Bertz CT molecular complexity index is 1180. The summed E-state index contributed by atoms with van der Waals surface area (Å²) in [5, 5.41) is 3.22. The first kappa shape index (κ1) is 36.2. The number of amides is 2. The zero-order valence-corrected chi connectivity index (χ0v) is 28.4. The van der Waals surface area contributed by atoms with Crippen LogP contribution < -0.4 is 10.1 Å². The van der Waals surface area contributed by atoms with Gasteiger partial charge in [0.25, 0.3) is 0 Å². The molecule has 1 N–H and O–H groups in total. The zero-order valence-electron chi connectivity index (χ0n) is 26.8. The number of likely N-dealkylation sites (tertiary alicyclic amines) is 1. The number of unbranched alkanes of at least 4 members (excludes halogenated alkanes) is 1. The zero-order chi connectivity index (χ0) is 29.5. The lowest BCUT2D eigenvalue weighted by Gasteiger charge is -2.52. The van der Waals surface area contributed by atoms with Gasteiger partial charge in [-0.25, -0.2) is 0 Å². The van der Waals surface area contributed by atoms with Crippen LogP contribution in [0.25, 0.3) is 0 Å². The molecule has 1 saturated carbocycles. The quantitative estimate of drug-likeness (QED) is 0.290. The van der Waals surface area contributed by atoms with Crippen molar-refractivity contribution in [1.29, 1.82) is 0 Å². The average Bonchev–Trinajstić information content (AvgIpc) is 2.99. The van der Waals surface area contributed by atoms with Crippen LogP contribution >= 0.6 is 24.8 Å². The molecule has 0 radical (unpaired) electrons. The maximum absolute atomic E-state index is 13.8. The molecule has 1 atom stereocenters. The fraction of sp³-hybridized carbons (Fsp3) is 0.600. The highest BCUT2D eigenvalue weighted by Gasteiger charge is 2.53.